The van der Waals surface area contributed by atoms with Crippen LogP contribution in [-0.4, -0.2) is 17.9 Å². The zero-order valence-corrected chi connectivity index (χ0v) is 14.0. The lowest BCUT2D eigenvalue weighted by atomic mass is 10.1. The van der Waals surface area contributed by atoms with Crippen LogP contribution in [0, 0.1) is 0 Å². The molecule has 0 bridgehead atoms. The molecule has 1 unspecified atom stereocenters. The van der Waals surface area contributed by atoms with E-state index in [9.17, 15) is 9.59 Å². The highest BCUT2D eigenvalue weighted by molar-refractivity contribution is 6.02. The molecule has 3 rings (SSSR count). The molecule has 4 nitrogen and oxygen atoms in total. The van der Waals surface area contributed by atoms with Crippen molar-refractivity contribution in [2.75, 3.05) is 5.32 Å². The fraction of sp³-hybridized carbons (Fsp3) is 0.143. The van der Waals surface area contributed by atoms with Crippen molar-refractivity contribution in [1.29, 1.82) is 0 Å². The van der Waals surface area contributed by atoms with E-state index in [2.05, 4.69) is 10.6 Å². The van der Waals surface area contributed by atoms with Gasteiger partial charge in [-0.15, -0.1) is 0 Å². The molecule has 2 N–H and O–H groups in total. The maximum Gasteiger partial charge on any atom is 0.251 e. The van der Waals surface area contributed by atoms with Crippen LogP contribution in [0.25, 0.3) is 10.8 Å². The number of hydrogen-bond donors (Lipinski definition) is 2. The molecule has 0 heterocycles. The largest absolute Gasteiger partial charge is 0.349 e. The smallest absolute Gasteiger partial charge is 0.251 e. The molecular weight excluding hydrogens is 312 g/mol. The summed E-state index contributed by atoms with van der Waals surface area (Å²) < 4.78 is 0. The fourth-order valence-corrected chi connectivity index (χ4v) is 2.76. The van der Waals surface area contributed by atoms with Gasteiger partial charge in [-0.2, -0.15) is 0 Å². The molecule has 3 aromatic rings. The lowest BCUT2D eigenvalue weighted by Gasteiger charge is -2.14. The molecule has 0 spiro atoms. The van der Waals surface area contributed by atoms with Crippen molar-refractivity contribution in [3.63, 3.8) is 0 Å². The van der Waals surface area contributed by atoms with Crippen LogP contribution in [0.5, 0.6) is 0 Å². The molecule has 4 heteroatoms. The predicted molar refractivity (Wildman–Crippen MR) is 101 cm³/mol. The molecule has 0 saturated carbocycles. The second kappa shape index (κ2) is 7.62. The van der Waals surface area contributed by atoms with E-state index in [4.69, 9.17) is 0 Å². The zero-order chi connectivity index (χ0) is 17.6. The van der Waals surface area contributed by atoms with Gasteiger partial charge in [-0.1, -0.05) is 54.6 Å². The number of anilines is 1. The molecule has 126 valence electrons. The number of nitrogens with one attached hydrogen (secondary N) is 2. The summed E-state index contributed by atoms with van der Waals surface area (Å²) >= 11 is 0. The molecule has 0 aliphatic carbocycles. The van der Waals surface area contributed by atoms with E-state index in [1.54, 1.807) is 12.1 Å². The van der Waals surface area contributed by atoms with E-state index in [1.807, 2.05) is 67.6 Å². The SMILES string of the molecule is CC(CC(=O)Nc1cccc2ccccc12)NC(=O)c1ccccc1. The minimum Gasteiger partial charge on any atom is -0.349 e. The molecule has 0 aromatic heterocycles. The standard InChI is InChI=1S/C21H20N2O2/c1-15(22-21(25)17-9-3-2-4-10-17)14-20(24)23-19-13-7-11-16-8-5-6-12-18(16)19/h2-13,15H,14H2,1H3,(H,22,25)(H,23,24). The van der Waals surface area contributed by atoms with Crippen molar-refractivity contribution in [2.45, 2.75) is 19.4 Å². The lowest BCUT2D eigenvalue weighted by molar-refractivity contribution is -0.116. The van der Waals surface area contributed by atoms with E-state index in [0.29, 0.717) is 5.56 Å². The summed E-state index contributed by atoms with van der Waals surface area (Å²) in [5.74, 6) is -0.303. The first-order chi connectivity index (χ1) is 12.1. The van der Waals surface area contributed by atoms with Gasteiger partial charge in [0.05, 0.1) is 0 Å². The van der Waals surface area contributed by atoms with Gasteiger partial charge in [-0.3, -0.25) is 9.59 Å². The first kappa shape index (κ1) is 16.7. The van der Waals surface area contributed by atoms with Crippen LogP contribution in [0.15, 0.2) is 72.8 Å². The van der Waals surface area contributed by atoms with Gasteiger partial charge in [-0.05, 0) is 30.5 Å². The Morgan fingerprint density at radius 2 is 1.56 bits per heavy atom. The molecule has 0 aliphatic heterocycles. The third kappa shape index (κ3) is 4.23. The number of amides is 2. The van der Waals surface area contributed by atoms with Crippen molar-refractivity contribution in [3.8, 4) is 0 Å². The van der Waals surface area contributed by atoms with E-state index in [1.165, 1.54) is 0 Å². The van der Waals surface area contributed by atoms with Crippen LogP contribution >= 0.6 is 0 Å². The zero-order valence-electron chi connectivity index (χ0n) is 14.0. The summed E-state index contributed by atoms with van der Waals surface area (Å²) in [7, 11) is 0. The van der Waals surface area contributed by atoms with Gasteiger partial charge in [0.25, 0.3) is 5.91 Å². The summed E-state index contributed by atoms with van der Waals surface area (Å²) in [5.41, 5.74) is 1.37. The Morgan fingerprint density at radius 3 is 2.36 bits per heavy atom. The highest BCUT2D eigenvalue weighted by atomic mass is 16.2. The van der Waals surface area contributed by atoms with Crippen LogP contribution in [-0.2, 0) is 4.79 Å². The normalized spacial score (nSPS) is 11.7. The van der Waals surface area contributed by atoms with Crippen molar-refractivity contribution in [1.82, 2.24) is 5.32 Å². The maximum absolute atomic E-state index is 12.3. The monoisotopic (exact) mass is 332 g/mol. The maximum atomic E-state index is 12.3. The summed E-state index contributed by atoms with van der Waals surface area (Å²) in [6.07, 6.45) is 0.210. The Kier molecular flexibility index (Phi) is 5.09. The fourth-order valence-electron chi connectivity index (χ4n) is 2.76. The van der Waals surface area contributed by atoms with Gasteiger partial charge in [-0.25, -0.2) is 0 Å². The number of hydrogen-bond acceptors (Lipinski definition) is 2. The van der Waals surface area contributed by atoms with Crippen LogP contribution in [0.1, 0.15) is 23.7 Å². The van der Waals surface area contributed by atoms with Gasteiger partial charge < -0.3 is 10.6 Å². The van der Waals surface area contributed by atoms with Crippen LogP contribution < -0.4 is 10.6 Å². The quantitative estimate of drug-likeness (QED) is 0.742. The van der Waals surface area contributed by atoms with Gasteiger partial charge in [0.2, 0.25) is 5.91 Å². The summed E-state index contributed by atoms with van der Waals surface area (Å²) in [6.45, 7) is 1.82. The van der Waals surface area contributed by atoms with Crippen molar-refractivity contribution in [2.24, 2.45) is 0 Å². The second-order valence-corrected chi connectivity index (χ2v) is 6.02. The predicted octanol–water partition coefficient (Wildman–Crippen LogP) is 3.99. The van der Waals surface area contributed by atoms with Crippen molar-refractivity contribution < 1.29 is 9.59 Å². The average molecular weight is 332 g/mol. The Hall–Kier alpha value is -3.14. The van der Waals surface area contributed by atoms with Crippen molar-refractivity contribution >= 4 is 28.3 Å². The highest BCUT2D eigenvalue weighted by Gasteiger charge is 2.14. The second-order valence-electron chi connectivity index (χ2n) is 6.02. The number of carbonyl (C=O) groups is 2. The van der Waals surface area contributed by atoms with Gasteiger partial charge in [0.15, 0.2) is 0 Å². The molecule has 2 amide bonds. The lowest BCUT2D eigenvalue weighted by Crippen LogP contribution is -2.35. The number of carbonyl (C=O) groups excluding carboxylic acids is 2. The molecule has 0 aliphatic rings. The Balaban J connectivity index is 1.61. The number of rotatable bonds is 5. The van der Waals surface area contributed by atoms with Gasteiger partial charge >= 0.3 is 0 Å². The van der Waals surface area contributed by atoms with Crippen molar-refractivity contribution in [3.05, 3.63) is 78.4 Å². The van der Waals surface area contributed by atoms with Crippen LogP contribution in [0.2, 0.25) is 0 Å². The topological polar surface area (TPSA) is 58.2 Å². The van der Waals surface area contributed by atoms with E-state index < -0.39 is 0 Å². The van der Waals surface area contributed by atoms with Gasteiger partial charge in [0.1, 0.15) is 0 Å². The van der Waals surface area contributed by atoms with Crippen LogP contribution in [0.4, 0.5) is 5.69 Å². The molecule has 0 radical (unpaired) electrons. The number of fused-ring (bicyclic) bond motifs is 1. The Bertz CT molecular complexity index is 885. The molecule has 0 fully saturated rings. The van der Waals surface area contributed by atoms with Crippen LogP contribution in [0.3, 0.4) is 0 Å². The molecule has 25 heavy (non-hydrogen) atoms. The highest BCUT2D eigenvalue weighted by Crippen LogP contribution is 2.23. The first-order valence-corrected chi connectivity index (χ1v) is 8.27. The van der Waals surface area contributed by atoms with E-state index in [-0.39, 0.29) is 24.3 Å². The Morgan fingerprint density at radius 1 is 0.880 bits per heavy atom. The first-order valence-electron chi connectivity index (χ1n) is 8.27. The van der Waals surface area contributed by atoms with E-state index >= 15 is 0 Å². The molecular formula is C21H20N2O2. The summed E-state index contributed by atoms with van der Waals surface area (Å²) in [5, 5.41) is 7.86. The summed E-state index contributed by atoms with van der Waals surface area (Å²) in [6, 6.07) is 22.4. The number of benzene rings is 3. The van der Waals surface area contributed by atoms with E-state index in [0.717, 1.165) is 16.5 Å². The third-order valence-electron chi connectivity index (χ3n) is 3.97. The molecule has 0 saturated heterocycles. The Labute approximate surface area is 146 Å². The van der Waals surface area contributed by atoms with Gasteiger partial charge in [0, 0.05) is 29.1 Å². The average Bonchev–Trinajstić information content (AvgIpc) is 2.62. The molecule has 1 atom stereocenters. The molecule has 3 aromatic carbocycles. The minimum absolute atomic E-state index is 0.128. The third-order valence-corrected chi connectivity index (χ3v) is 3.97. The summed E-state index contributed by atoms with van der Waals surface area (Å²) in [4.78, 5) is 24.4. The minimum atomic E-state index is -0.261.